The highest BCUT2D eigenvalue weighted by atomic mass is 19.1. The zero-order valence-corrected chi connectivity index (χ0v) is 14.1. The number of nitrogens with zero attached hydrogens (tertiary/aromatic N) is 3. The standard InChI is InChI=1S/C19H14FN3O3/c1-23-10-14(17(24)13-9-11(20)7-8-15(13)23)19-21-18(22-26-19)12-5-3-4-6-16(12)25-2/h3-10H,1-2H3. The molecule has 4 aromatic rings. The van der Waals surface area contributed by atoms with E-state index in [2.05, 4.69) is 10.1 Å². The first-order chi connectivity index (χ1) is 12.6. The van der Waals surface area contributed by atoms with Crippen LogP contribution in [-0.2, 0) is 7.05 Å². The van der Waals surface area contributed by atoms with Crippen LogP contribution in [-0.4, -0.2) is 21.8 Å². The van der Waals surface area contributed by atoms with Gasteiger partial charge in [-0.25, -0.2) is 4.39 Å². The van der Waals surface area contributed by atoms with Gasteiger partial charge in [-0.15, -0.1) is 0 Å². The number of fused-ring (bicyclic) bond motifs is 1. The number of rotatable bonds is 3. The van der Waals surface area contributed by atoms with Gasteiger partial charge >= 0.3 is 0 Å². The Bertz CT molecular complexity index is 1180. The fourth-order valence-electron chi connectivity index (χ4n) is 2.89. The van der Waals surface area contributed by atoms with E-state index in [1.54, 1.807) is 43.1 Å². The van der Waals surface area contributed by atoms with Crippen LogP contribution in [0.4, 0.5) is 4.39 Å². The molecule has 6 nitrogen and oxygen atoms in total. The number of benzene rings is 2. The molecular weight excluding hydrogens is 337 g/mol. The summed E-state index contributed by atoms with van der Waals surface area (Å²) in [6.07, 6.45) is 1.60. The third-order valence-electron chi connectivity index (χ3n) is 4.15. The molecule has 0 atom stereocenters. The van der Waals surface area contributed by atoms with Crippen molar-refractivity contribution in [3.05, 3.63) is 64.7 Å². The lowest BCUT2D eigenvalue weighted by Gasteiger charge is -2.06. The molecule has 26 heavy (non-hydrogen) atoms. The molecule has 2 heterocycles. The zero-order valence-electron chi connectivity index (χ0n) is 14.1. The molecule has 0 saturated carbocycles. The predicted molar refractivity (Wildman–Crippen MR) is 94.4 cm³/mol. The summed E-state index contributed by atoms with van der Waals surface area (Å²) in [5, 5.41) is 4.20. The van der Waals surface area contributed by atoms with Crippen molar-refractivity contribution in [2.24, 2.45) is 7.05 Å². The van der Waals surface area contributed by atoms with Gasteiger partial charge < -0.3 is 13.8 Å². The van der Waals surface area contributed by atoms with Gasteiger partial charge in [0.1, 0.15) is 17.1 Å². The fraction of sp³-hybridized carbons (Fsp3) is 0.105. The second kappa shape index (κ2) is 6.11. The van der Waals surface area contributed by atoms with Gasteiger partial charge in [0.05, 0.1) is 18.2 Å². The van der Waals surface area contributed by atoms with Crippen LogP contribution in [0, 0.1) is 5.82 Å². The van der Waals surface area contributed by atoms with Crippen LogP contribution in [0.3, 0.4) is 0 Å². The van der Waals surface area contributed by atoms with Gasteiger partial charge in [0.15, 0.2) is 0 Å². The molecule has 2 aromatic heterocycles. The Labute approximate surface area is 147 Å². The van der Waals surface area contributed by atoms with Crippen molar-refractivity contribution in [3.63, 3.8) is 0 Å². The van der Waals surface area contributed by atoms with Crippen molar-refractivity contribution in [2.45, 2.75) is 0 Å². The van der Waals surface area contributed by atoms with Crippen molar-refractivity contribution >= 4 is 10.9 Å². The number of hydrogen-bond acceptors (Lipinski definition) is 5. The molecule has 0 unspecified atom stereocenters. The van der Waals surface area contributed by atoms with Crippen LogP contribution < -0.4 is 10.2 Å². The zero-order chi connectivity index (χ0) is 18.3. The molecule has 0 aliphatic carbocycles. The lowest BCUT2D eigenvalue weighted by Crippen LogP contribution is -2.10. The summed E-state index contributed by atoms with van der Waals surface area (Å²) >= 11 is 0. The molecule has 0 N–H and O–H groups in total. The van der Waals surface area contributed by atoms with E-state index in [0.717, 1.165) is 0 Å². The maximum atomic E-state index is 13.6. The first-order valence-corrected chi connectivity index (χ1v) is 7.85. The fourth-order valence-corrected chi connectivity index (χ4v) is 2.89. The molecule has 0 bridgehead atoms. The number of halogens is 1. The lowest BCUT2D eigenvalue weighted by atomic mass is 10.1. The molecule has 130 valence electrons. The second-order valence-corrected chi connectivity index (χ2v) is 5.77. The highest BCUT2D eigenvalue weighted by Gasteiger charge is 2.18. The minimum absolute atomic E-state index is 0.0673. The molecule has 0 spiro atoms. The van der Waals surface area contributed by atoms with E-state index in [1.807, 2.05) is 12.1 Å². The summed E-state index contributed by atoms with van der Waals surface area (Å²) in [6, 6.07) is 11.3. The van der Waals surface area contributed by atoms with Crippen LogP contribution in [0.1, 0.15) is 0 Å². The quantitative estimate of drug-likeness (QED) is 0.566. The number of para-hydroxylation sites is 1. The summed E-state index contributed by atoms with van der Waals surface area (Å²) in [5.41, 5.74) is 1.10. The van der Waals surface area contributed by atoms with Gasteiger partial charge in [0.25, 0.3) is 5.89 Å². The molecule has 0 aliphatic heterocycles. The highest BCUT2D eigenvalue weighted by molar-refractivity contribution is 5.83. The van der Waals surface area contributed by atoms with Gasteiger partial charge in [-0.3, -0.25) is 4.79 Å². The van der Waals surface area contributed by atoms with E-state index in [-0.39, 0.29) is 22.3 Å². The molecule has 0 amide bonds. The first-order valence-electron chi connectivity index (χ1n) is 7.85. The monoisotopic (exact) mass is 351 g/mol. The topological polar surface area (TPSA) is 70.2 Å². The molecule has 0 aliphatic rings. The number of methoxy groups -OCH3 is 1. The number of pyridine rings is 1. The van der Waals surface area contributed by atoms with Gasteiger partial charge in [0, 0.05) is 18.6 Å². The summed E-state index contributed by atoms with van der Waals surface area (Å²) in [5.74, 6) is 0.483. The third-order valence-corrected chi connectivity index (χ3v) is 4.15. The Morgan fingerprint density at radius 3 is 2.77 bits per heavy atom. The van der Waals surface area contributed by atoms with Crippen LogP contribution in [0.25, 0.3) is 33.7 Å². The molecular formula is C19H14FN3O3. The minimum atomic E-state index is -0.480. The van der Waals surface area contributed by atoms with Gasteiger partial charge in [-0.2, -0.15) is 4.98 Å². The van der Waals surface area contributed by atoms with Crippen LogP contribution >= 0.6 is 0 Å². The van der Waals surface area contributed by atoms with Crippen molar-refractivity contribution in [3.8, 4) is 28.6 Å². The van der Waals surface area contributed by atoms with Crippen LogP contribution in [0.2, 0.25) is 0 Å². The first kappa shape index (κ1) is 16.0. The molecule has 4 rings (SSSR count). The average Bonchev–Trinajstić information content (AvgIpc) is 3.14. The molecule has 7 heteroatoms. The predicted octanol–water partition coefficient (Wildman–Crippen LogP) is 3.40. The van der Waals surface area contributed by atoms with Gasteiger partial charge in [-0.1, -0.05) is 17.3 Å². The van der Waals surface area contributed by atoms with E-state index >= 15 is 0 Å². The Morgan fingerprint density at radius 1 is 1.15 bits per heavy atom. The van der Waals surface area contributed by atoms with Gasteiger partial charge in [0.2, 0.25) is 11.3 Å². The van der Waals surface area contributed by atoms with E-state index in [0.29, 0.717) is 22.7 Å². The number of hydrogen-bond donors (Lipinski definition) is 0. The normalized spacial score (nSPS) is 11.0. The Morgan fingerprint density at radius 2 is 1.96 bits per heavy atom. The van der Waals surface area contributed by atoms with Crippen molar-refractivity contribution in [1.82, 2.24) is 14.7 Å². The second-order valence-electron chi connectivity index (χ2n) is 5.77. The summed E-state index contributed by atoms with van der Waals surface area (Å²) in [4.78, 5) is 17.1. The van der Waals surface area contributed by atoms with Gasteiger partial charge in [-0.05, 0) is 30.3 Å². The molecule has 0 fully saturated rings. The Kier molecular flexibility index (Phi) is 3.76. The van der Waals surface area contributed by atoms with E-state index < -0.39 is 5.82 Å². The number of aromatic nitrogens is 3. The third kappa shape index (κ3) is 2.54. The van der Waals surface area contributed by atoms with E-state index in [4.69, 9.17) is 9.26 Å². The maximum absolute atomic E-state index is 13.6. The Hall–Kier alpha value is -3.48. The summed E-state index contributed by atoms with van der Waals surface area (Å²) < 4.78 is 25.9. The van der Waals surface area contributed by atoms with Crippen LogP contribution in [0.15, 0.2) is 58.0 Å². The summed E-state index contributed by atoms with van der Waals surface area (Å²) in [6.45, 7) is 0. The van der Waals surface area contributed by atoms with Crippen molar-refractivity contribution in [1.29, 1.82) is 0 Å². The lowest BCUT2D eigenvalue weighted by molar-refractivity contribution is 0.413. The molecule has 0 radical (unpaired) electrons. The maximum Gasteiger partial charge on any atom is 0.263 e. The average molecular weight is 351 g/mol. The SMILES string of the molecule is COc1ccccc1-c1noc(-c2cn(C)c3ccc(F)cc3c2=O)n1. The molecule has 0 saturated heterocycles. The largest absolute Gasteiger partial charge is 0.496 e. The highest BCUT2D eigenvalue weighted by Crippen LogP contribution is 2.29. The summed E-state index contributed by atoms with van der Waals surface area (Å²) in [7, 11) is 3.31. The smallest absolute Gasteiger partial charge is 0.263 e. The van der Waals surface area contributed by atoms with Crippen molar-refractivity contribution < 1.29 is 13.7 Å². The van der Waals surface area contributed by atoms with Crippen LogP contribution in [0.5, 0.6) is 5.75 Å². The minimum Gasteiger partial charge on any atom is -0.496 e. The Balaban J connectivity index is 1.88. The van der Waals surface area contributed by atoms with E-state index in [1.165, 1.54) is 12.1 Å². The number of aryl methyl sites for hydroxylation is 1. The number of ether oxygens (including phenoxy) is 1. The van der Waals surface area contributed by atoms with Crippen molar-refractivity contribution in [2.75, 3.05) is 7.11 Å². The molecule has 2 aromatic carbocycles. The van der Waals surface area contributed by atoms with E-state index in [9.17, 15) is 9.18 Å².